The lowest BCUT2D eigenvalue weighted by atomic mass is 10.2. The SMILES string of the molecule is CNCCCCCC#N. The predicted octanol–water partition coefficient (Wildman–Crippen LogP) is 1.29. The molecule has 0 aliphatic carbocycles. The minimum Gasteiger partial charge on any atom is -0.320 e. The molecule has 0 rings (SSSR count). The molecule has 0 fully saturated rings. The maximum Gasteiger partial charge on any atom is 0.0621 e. The van der Waals surface area contributed by atoms with E-state index in [1.807, 2.05) is 7.05 Å². The topological polar surface area (TPSA) is 35.8 Å². The van der Waals surface area contributed by atoms with Crippen molar-refractivity contribution in [2.24, 2.45) is 0 Å². The van der Waals surface area contributed by atoms with Crippen LogP contribution in [-0.4, -0.2) is 13.6 Å². The first-order valence-electron chi connectivity index (χ1n) is 3.43. The van der Waals surface area contributed by atoms with E-state index in [1.165, 1.54) is 12.8 Å². The molecule has 0 amide bonds. The third-order valence-electron chi connectivity index (χ3n) is 1.22. The highest BCUT2D eigenvalue weighted by atomic mass is 14.8. The lowest BCUT2D eigenvalue weighted by Crippen LogP contribution is -2.06. The van der Waals surface area contributed by atoms with Crippen molar-refractivity contribution < 1.29 is 0 Å². The van der Waals surface area contributed by atoms with E-state index in [-0.39, 0.29) is 0 Å². The second kappa shape index (κ2) is 7.45. The van der Waals surface area contributed by atoms with Crippen molar-refractivity contribution in [2.75, 3.05) is 13.6 Å². The van der Waals surface area contributed by atoms with Gasteiger partial charge in [-0.1, -0.05) is 6.42 Å². The normalized spacial score (nSPS) is 8.89. The molecule has 0 spiro atoms. The van der Waals surface area contributed by atoms with Gasteiger partial charge in [0, 0.05) is 6.42 Å². The first kappa shape index (κ1) is 8.45. The third-order valence-corrected chi connectivity index (χ3v) is 1.22. The Labute approximate surface area is 56.9 Å². The van der Waals surface area contributed by atoms with Gasteiger partial charge in [0.05, 0.1) is 6.07 Å². The Hall–Kier alpha value is -0.550. The Morgan fingerprint density at radius 3 is 2.67 bits per heavy atom. The van der Waals surface area contributed by atoms with E-state index < -0.39 is 0 Å². The van der Waals surface area contributed by atoms with Crippen LogP contribution in [0.3, 0.4) is 0 Å². The number of nitrogens with zero attached hydrogens (tertiary/aromatic N) is 1. The lowest BCUT2D eigenvalue weighted by molar-refractivity contribution is 0.650. The van der Waals surface area contributed by atoms with E-state index in [4.69, 9.17) is 5.26 Å². The summed E-state index contributed by atoms with van der Waals surface area (Å²) in [7, 11) is 1.95. The van der Waals surface area contributed by atoms with Gasteiger partial charge in [0.15, 0.2) is 0 Å². The fraction of sp³-hybridized carbons (Fsp3) is 0.857. The summed E-state index contributed by atoms with van der Waals surface area (Å²) in [6.07, 6.45) is 4.13. The molecule has 0 unspecified atom stereocenters. The van der Waals surface area contributed by atoms with Crippen molar-refractivity contribution in [1.82, 2.24) is 5.32 Å². The van der Waals surface area contributed by atoms with Gasteiger partial charge in [-0.25, -0.2) is 0 Å². The Balaban J connectivity index is 2.69. The maximum absolute atomic E-state index is 8.16. The van der Waals surface area contributed by atoms with Crippen LogP contribution in [0.4, 0.5) is 0 Å². The molecule has 2 heteroatoms. The number of hydrogen-bond acceptors (Lipinski definition) is 2. The Bertz CT molecular complexity index is 83.4. The summed E-state index contributed by atoms with van der Waals surface area (Å²) < 4.78 is 0. The molecule has 0 aliphatic rings. The zero-order valence-corrected chi connectivity index (χ0v) is 5.98. The lowest BCUT2D eigenvalue weighted by Gasteiger charge is -1.94. The Kier molecular flexibility index (Phi) is 6.99. The summed E-state index contributed by atoms with van der Waals surface area (Å²) in [4.78, 5) is 0. The van der Waals surface area contributed by atoms with Crippen molar-refractivity contribution >= 4 is 0 Å². The van der Waals surface area contributed by atoms with Crippen LogP contribution in [0.2, 0.25) is 0 Å². The van der Waals surface area contributed by atoms with Gasteiger partial charge in [-0.2, -0.15) is 5.26 Å². The quantitative estimate of drug-likeness (QED) is 0.563. The summed E-state index contributed by atoms with van der Waals surface area (Å²) >= 11 is 0. The average Bonchev–Trinajstić information content (AvgIpc) is 1.89. The van der Waals surface area contributed by atoms with Crippen LogP contribution < -0.4 is 5.32 Å². The fourth-order valence-electron chi connectivity index (χ4n) is 0.683. The number of unbranched alkanes of at least 4 members (excludes halogenated alkanes) is 3. The minimum atomic E-state index is 0.712. The highest BCUT2D eigenvalue weighted by Crippen LogP contribution is 1.96. The van der Waals surface area contributed by atoms with Crippen LogP contribution in [0.1, 0.15) is 25.7 Å². The van der Waals surface area contributed by atoms with Crippen molar-refractivity contribution in [2.45, 2.75) is 25.7 Å². The highest BCUT2D eigenvalue weighted by molar-refractivity contribution is 4.67. The molecular formula is C7H14N2. The number of rotatable bonds is 5. The van der Waals surface area contributed by atoms with Gasteiger partial charge in [0.2, 0.25) is 0 Å². The summed E-state index contributed by atoms with van der Waals surface area (Å²) in [5.74, 6) is 0. The molecule has 0 heterocycles. The number of nitriles is 1. The van der Waals surface area contributed by atoms with Crippen LogP contribution in [0.15, 0.2) is 0 Å². The monoisotopic (exact) mass is 126 g/mol. The summed E-state index contributed by atoms with van der Waals surface area (Å²) in [5.41, 5.74) is 0. The first-order chi connectivity index (χ1) is 4.41. The van der Waals surface area contributed by atoms with E-state index in [0.29, 0.717) is 6.42 Å². The molecule has 0 bridgehead atoms. The highest BCUT2D eigenvalue weighted by Gasteiger charge is 1.85. The van der Waals surface area contributed by atoms with Gasteiger partial charge in [-0.05, 0) is 26.4 Å². The minimum absolute atomic E-state index is 0.712. The largest absolute Gasteiger partial charge is 0.320 e. The van der Waals surface area contributed by atoms with E-state index >= 15 is 0 Å². The molecule has 52 valence electrons. The zero-order chi connectivity index (χ0) is 6.95. The summed E-state index contributed by atoms with van der Waals surface area (Å²) in [6, 6.07) is 2.12. The van der Waals surface area contributed by atoms with Crippen molar-refractivity contribution in [1.29, 1.82) is 5.26 Å². The van der Waals surface area contributed by atoms with Gasteiger partial charge in [-0.3, -0.25) is 0 Å². The molecule has 0 radical (unpaired) electrons. The van der Waals surface area contributed by atoms with Gasteiger partial charge in [0.25, 0.3) is 0 Å². The molecular weight excluding hydrogens is 112 g/mol. The zero-order valence-electron chi connectivity index (χ0n) is 5.98. The molecule has 0 aromatic rings. The predicted molar refractivity (Wildman–Crippen MR) is 38.0 cm³/mol. The molecule has 9 heavy (non-hydrogen) atoms. The van der Waals surface area contributed by atoms with Crippen molar-refractivity contribution in [3.05, 3.63) is 0 Å². The summed E-state index contributed by atoms with van der Waals surface area (Å²) in [6.45, 7) is 1.07. The second-order valence-electron chi connectivity index (χ2n) is 2.07. The molecule has 0 saturated carbocycles. The van der Waals surface area contributed by atoms with Crippen molar-refractivity contribution in [3.8, 4) is 6.07 Å². The van der Waals surface area contributed by atoms with E-state index in [1.54, 1.807) is 0 Å². The second-order valence-corrected chi connectivity index (χ2v) is 2.07. The third kappa shape index (κ3) is 7.45. The van der Waals surface area contributed by atoms with Crippen LogP contribution in [0.5, 0.6) is 0 Å². The Morgan fingerprint density at radius 1 is 1.33 bits per heavy atom. The van der Waals surface area contributed by atoms with Crippen LogP contribution in [-0.2, 0) is 0 Å². The van der Waals surface area contributed by atoms with Crippen LogP contribution in [0.25, 0.3) is 0 Å². The standard InChI is InChI=1S/C7H14N2/c1-9-7-5-3-2-4-6-8/h9H,2-5,7H2,1H3. The first-order valence-corrected chi connectivity index (χ1v) is 3.43. The molecule has 1 N–H and O–H groups in total. The van der Waals surface area contributed by atoms with Gasteiger partial charge in [-0.15, -0.1) is 0 Å². The smallest absolute Gasteiger partial charge is 0.0621 e. The van der Waals surface area contributed by atoms with Gasteiger partial charge < -0.3 is 5.32 Å². The number of hydrogen-bond donors (Lipinski definition) is 1. The molecule has 0 aromatic heterocycles. The maximum atomic E-state index is 8.16. The molecule has 0 aromatic carbocycles. The number of nitrogens with one attached hydrogen (secondary N) is 1. The van der Waals surface area contributed by atoms with E-state index in [0.717, 1.165) is 13.0 Å². The van der Waals surface area contributed by atoms with E-state index in [9.17, 15) is 0 Å². The van der Waals surface area contributed by atoms with E-state index in [2.05, 4.69) is 11.4 Å². The van der Waals surface area contributed by atoms with Crippen LogP contribution in [0, 0.1) is 11.3 Å². The summed E-state index contributed by atoms with van der Waals surface area (Å²) in [5, 5.41) is 11.2. The molecule has 0 saturated heterocycles. The van der Waals surface area contributed by atoms with Gasteiger partial charge >= 0.3 is 0 Å². The molecule has 0 aliphatic heterocycles. The van der Waals surface area contributed by atoms with Crippen molar-refractivity contribution in [3.63, 3.8) is 0 Å². The Morgan fingerprint density at radius 2 is 2.11 bits per heavy atom. The van der Waals surface area contributed by atoms with Crippen LogP contribution >= 0.6 is 0 Å². The fourth-order valence-corrected chi connectivity index (χ4v) is 0.683. The molecule has 2 nitrogen and oxygen atoms in total. The van der Waals surface area contributed by atoms with Gasteiger partial charge in [0.1, 0.15) is 0 Å². The molecule has 0 atom stereocenters. The average molecular weight is 126 g/mol.